The van der Waals surface area contributed by atoms with Gasteiger partial charge in [-0.1, -0.05) is 13.0 Å². The predicted octanol–water partition coefficient (Wildman–Crippen LogP) is 3.68. The number of ketones is 1. The van der Waals surface area contributed by atoms with Crippen LogP contribution in [0.1, 0.15) is 59.8 Å². The number of amides is 1. The zero-order valence-corrected chi connectivity index (χ0v) is 18.4. The maximum atomic E-state index is 15.5. The first-order chi connectivity index (χ1) is 13.7. The number of aryl methyl sites for hydroxylation is 1. The fraction of sp³-hybridized carbons (Fsp3) is 0.364. The van der Waals surface area contributed by atoms with Crippen LogP contribution in [0.4, 0.5) is 10.1 Å². The van der Waals surface area contributed by atoms with Crippen molar-refractivity contribution in [3.8, 4) is 5.75 Å². The van der Waals surface area contributed by atoms with E-state index >= 15 is 4.39 Å². The summed E-state index contributed by atoms with van der Waals surface area (Å²) in [6.45, 7) is 5.48. The van der Waals surface area contributed by atoms with E-state index in [2.05, 4.69) is 5.32 Å². The molecule has 2 rings (SSSR count). The van der Waals surface area contributed by atoms with Gasteiger partial charge in [-0.15, -0.1) is 12.4 Å². The summed E-state index contributed by atoms with van der Waals surface area (Å²) in [5, 5.41) is 3.21. The van der Waals surface area contributed by atoms with E-state index in [1.807, 2.05) is 6.92 Å². The highest BCUT2D eigenvalue weighted by molar-refractivity contribution is 6.11. The van der Waals surface area contributed by atoms with Crippen LogP contribution in [0.15, 0.2) is 30.3 Å². The smallest absolute Gasteiger partial charge is 0.218 e. The average molecular weight is 438 g/mol. The molecule has 1 amide bonds. The number of methoxy groups -OCH3 is 1. The van der Waals surface area contributed by atoms with Crippen molar-refractivity contribution in [2.75, 3.05) is 12.8 Å². The first-order valence-electron chi connectivity index (χ1n) is 9.51. The van der Waals surface area contributed by atoms with Crippen molar-refractivity contribution in [3.05, 3.63) is 58.4 Å². The first-order valence-corrected chi connectivity index (χ1v) is 9.51. The van der Waals surface area contributed by atoms with E-state index in [9.17, 15) is 9.59 Å². The Labute approximate surface area is 182 Å². The van der Waals surface area contributed by atoms with Gasteiger partial charge in [-0.25, -0.2) is 4.39 Å². The number of nitrogens with one attached hydrogen (secondary N) is 1. The molecule has 0 unspecified atom stereocenters. The number of halogens is 2. The van der Waals surface area contributed by atoms with E-state index in [0.29, 0.717) is 23.2 Å². The standard InChI is InChI=1S/C22H28FN3O3.ClH/c1-5-17(26-13(3)11-19(25)27)15-7-9-18(29-4)20(21(15)23)22(28)14-6-8-16(24)12(2)10-14;/h6-10,13,17,26H,5,11,24H2,1-4H3,(H2,25,27);1H/t13-,17-;/m1./s1. The van der Waals surface area contributed by atoms with Gasteiger partial charge in [-0.05, 0) is 50.1 Å². The van der Waals surface area contributed by atoms with Crippen molar-refractivity contribution in [1.29, 1.82) is 0 Å². The second kappa shape index (κ2) is 10.9. The third kappa shape index (κ3) is 5.70. The molecule has 0 radical (unpaired) electrons. The van der Waals surface area contributed by atoms with Crippen molar-refractivity contribution < 1.29 is 18.7 Å². The van der Waals surface area contributed by atoms with Gasteiger partial charge in [0, 0.05) is 35.3 Å². The number of ether oxygens (including phenoxy) is 1. The molecule has 164 valence electrons. The second-order valence-corrected chi connectivity index (χ2v) is 7.15. The van der Waals surface area contributed by atoms with E-state index in [1.165, 1.54) is 7.11 Å². The van der Waals surface area contributed by atoms with Crippen LogP contribution in [-0.4, -0.2) is 24.8 Å². The van der Waals surface area contributed by atoms with Crippen LogP contribution >= 0.6 is 12.4 Å². The maximum Gasteiger partial charge on any atom is 0.218 e. The van der Waals surface area contributed by atoms with Crippen molar-refractivity contribution in [3.63, 3.8) is 0 Å². The summed E-state index contributed by atoms with van der Waals surface area (Å²) < 4.78 is 20.8. The van der Waals surface area contributed by atoms with Gasteiger partial charge in [0.05, 0.1) is 7.11 Å². The van der Waals surface area contributed by atoms with Gasteiger partial charge >= 0.3 is 0 Å². The van der Waals surface area contributed by atoms with Gasteiger partial charge in [-0.3, -0.25) is 9.59 Å². The van der Waals surface area contributed by atoms with Gasteiger partial charge in [0.15, 0.2) is 5.78 Å². The Morgan fingerprint density at radius 3 is 2.43 bits per heavy atom. The fourth-order valence-corrected chi connectivity index (χ4v) is 3.32. The molecule has 0 aliphatic heterocycles. The largest absolute Gasteiger partial charge is 0.496 e. The van der Waals surface area contributed by atoms with Crippen LogP contribution < -0.4 is 21.5 Å². The molecule has 2 aromatic rings. The summed E-state index contributed by atoms with van der Waals surface area (Å²) in [7, 11) is 1.39. The Hall–Kier alpha value is -2.64. The third-order valence-corrected chi connectivity index (χ3v) is 4.89. The Bertz CT molecular complexity index is 921. The van der Waals surface area contributed by atoms with Crippen molar-refractivity contribution in [2.45, 2.75) is 45.7 Å². The van der Waals surface area contributed by atoms with Crippen LogP contribution in [-0.2, 0) is 4.79 Å². The molecule has 0 bridgehead atoms. The number of nitrogen functional groups attached to an aromatic ring is 1. The lowest BCUT2D eigenvalue weighted by Crippen LogP contribution is -2.34. The molecular weight excluding hydrogens is 409 g/mol. The molecule has 6 nitrogen and oxygen atoms in total. The zero-order chi connectivity index (χ0) is 21.7. The summed E-state index contributed by atoms with van der Waals surface area (Å²) in [5.74, 6) is -1.41. The Morgan fingerprint density at radius 1 is 1.23 bits per heavy atom. The van der Waals surface area contributed by atoms with Gasteiger partial charge in [0.25, 0.3) is 0 Å². The Balaban J connectivity index is 0.00000450. The first kappa shape index (κ1) is 25.4. The second-order valence-electron chi connectivity index (χ2n) is 7.15. The third-order valence-electron chi connectivity index (χ3n) is 4.89. The van der Waals surface area contributed by atoms with Crippen molar-refractivity contribution in [1.82, 2.24) is 5.32 Å². The predicted molar refractivity (Wildman–Crippen MR) is 119 cm³/mol. The summed E-state index contributed by atoms with van der Waals surface area (Å²) in [5.41, 5.74) is 12.9. The Kier molecular flexibility index (Phi) is 9.26. The summed E-state index contributed by atoms with van der Waals surface area (Å²) in [4.78, 5) is 24.3. The molecule has 0 aliphatic rings. The molecule has 2 atom stereocenters. The highest BCUT2D eigenvalue weighted by atomic mass is 35.5. The minimum absolute atomic E-state index is 0. The number of anilines is 1. The van der Waals surface area contributed by atoms with E-state index in [1.54, 1.807) is 44.2 Å². The quantitative estimate of drug-likeness (QED) is 0.409. The van der Waals surface area contributed by atoms with Crippen LogP contribution in [0.25, 0.3) is 0 Å². The number of hydrogen-bond donors (Lipinski definition) is 3. The number of carbonyl (C=O) groups is 2. The zero-order valence-electron chi connectivity index (χ0n) is 17.6. The number of nitrogens with two attached hydrogens (primary N) is 2. The van der Waals surface area contributed by atoms with E-state index in [-0.39, 0.29) is 36.2 Å². The maximum absolute atomic E-state index is 15.5. The molecule has 0 fully saturated rings. The Morgan fingerprint density at radius 2 is 1.90 bits per heavy atom. The molecule has 0 aliphatic carbocycles. The SMILES string of the molecule is CC[C@@H](N[C@H](C)CC(N)=O)c1ccc(OC)c(C(=O)c2ccc(N)c(C)c2)c1F.Cl. The molecule has 30 heavy (non-hydrogen) atoms. The minimum Gasteiger partial charge on any atom is -0.496 e. The van der Waals surface area contributed by atoms with E-state index in [4.69, 9.17) is 16.2 Å². The van der Waals surface area contributed by atoms with Crippen LogP contribution in [0.2, 0.25) is 0 Å². The van der Waals surface area contributed by atoms with Crippen LogP contribution in [0.3, 0.4) is 0 Å². The van der Waals surface area contributed by atoms with Gasteiger partial charge < -0.3 is 21.5 Å². The highest BCUT2D eigenvalue weighted by Gasteiger charge is 2.26. The van der Waals surface area contributed by atoms with Gasteiger partial charge in [0.1, 0.15) is 17.1 Å². The monoisotopic (exact) mass is 437 g/mol. The summed E-state index contributed by atoms with van der Waals surface area (Å²) in [6, 6.07) is 7.37. The molecule has 0 saturated carbocycles. The van der Waals surface area contributed by atoms with Gasteiger partial charge in [-0.2, -0.15) is 0 Å². The summed E-state index contributed by atoms with van der Waals surface area (Å²) >= 11 is 0. The molecule has 8 heteroatoms. The van der Waals surface area contributed by atoms with Gasteiger partial charge in [0.2, 0.25) is 5.91 Å². The van der Waals surface area contributed by atoms with Crippen LogP contribution in [0, 0.1) is 12.7 Å². The normalized spacial score (nSPS) is 12.6. The molecule has 0 aromatic heterocycles. The molecule has 0 saturated heterocycles. The highest BCUT2D eigenvalue weighted by Crippen LogP contribution is 2.32. The average Bonchev–Trinajstić information content (AvgIpc) is 2.67. The molecular formula is C22H29ClFN3O3. The lowest BCUT2D eigenvalue weighted by molar-refractivity contribution is -0.118. The molecule has 0 spiro atoms. The minimum atomic E-state index is -0.644. The molecule has 0 heterocycles. The molecule has 2 aromatic carbocycles. The lowest BCUT2D eigenvalue weighted by atomic mass is 9.94. The lowest BCUT2D eigenvalue weighted by Gasteiger charge is -2.24. The number of benzene rings is 2. The topological polar surface area (TPSA) is 107 Å². The number of hydrogen-bond acceptors (Lipinski definition) is 5. The number of carbonyl (C=O) groups excluding carboxylic acids is 2. The van der Waals surface area contributed by atoms with Crippen molar-refractivity contribution in [2.24, 2.45) is 5.73 Å². The van der Waals surface area contributed by atoms with Crippen molar-refractivity contribution >= 4 is 29.8 Å². The number of primary amides is 1. The van der Waals surface area contributed by atoms with E-state index in [0.717, 1.165) is 5.56 Å². The fourth-order valence-electron chi connectivity index (χ4n) is 3.32. The summed E-state index contributed by atoms with van der Waals surface area (Å²) in [6.07, 6.45) is 0.686. The van der Waals surface area contributed by atoms with Crippen LogP contribution in [0.5, 0.6) is 5.75 Å². The van der Waals surface area contributed by atoms with E-state index < -0.39 is 23.5 Å². The number of rotatable bonds is 9. The molecule has 5 N–H and O–H groups in total.